The van der Waals surface area contributed by atoms with Crippen molar-refractivity contribution in [3.8, 4) is 0 Å². The van der Waals surface area contributed by atoms with E-state index in [9.17, 15) is 5.53 Å². The Balaban J connectivity index is 0.00000533. The largest absolute Gasteiger partial charge is 2.00 e. The number of allylic oxidation sites excluding steroid dienone is 2. The quantitative estimate of drug-likeness (QED) is 0.0703. The number of hydrogen-bond donors (Lipinski definition) is 0. The predicted octanol–water partition coefficient (Wildman–Crippen LogP) is 12.4. The molecule has 0 aromatic heterocycles. The van der Waals surface area contributed by atoms with Crippen LogP contribution in [-0.4, -0.2) is 4.70 Å². The summed E-state index contributed by atoms with van der Waals surface area (Å²) < 4.78 is 1.56. The molecule has 0 fully saturated rings. The van der Waals surface area contributed by atoms with Crippen molar-refractivity contribution >= 4 is 11.4 Å². The Kier molecular flexibility index (Phi) is 20.6. The number of aryl methyl sites for hydroxylation is 2. The van der Waals surface area contributed by atoms with E-state index >= 15 is 0 Å². The normalized spacial score (nSPS) is 12.7. The van der Waals surface area contributed by atoms with Gasteiger partial charge in [-0.2, -0.15) is 0 Å². The second-order valence-corrected chi connectivity index (χ2v) is 11.2. The van der Waals surface area contributed by atoms with Gasteiger partial charge in [0.05, 0.1) is 0 Å². The van der Waals surface area contributed by atoms with E-state index in [0.717, 1.165) is 48.2 Å². The SMILES string of the molecule is CCCCCCC1=C(c2ccc(CCCCC)cc2)[N+](=[N-])C(c2cccc(CCCC)c2)=C1CCCCC.[CH3-].[CH3-].[Ni+2]. The van der Waals surface area contributed by atoms with Crippen molar-refractivity contribution in [3.05, 3.63) is 102 Å². The Morgan fingerprint density at radius 3 is 1.59 bits per heavy atom. The molecule has 2 aromatic rings. The molecule has 0 amide bonds. The van der Waals surface area contributed by atoms with Gasteiger partial charge in [0.25, 0.3) is 0 Å². The summed E-state index contributed by atoms with van der Waals surface area (Å²) in [7, 11) is 0. The van der Waals surface area contributed by atoms with Crippen LogP contribution in [0.25, 0.3) is 16.9 Å². The Labute approximate surface area is 264 Å². The molecule has 0 N–H and O–H groups in total. The van der Waals surface area contributed by atoms with Crippen molar-refractivity contribution in [2.75, 3.05) is 0 Å². The summed E-state index contributed by atoms with van der Waals surface area (Å²) in [5, 5.41) is 0. The molecular weight excluding hydrogens is 543 g/mol. The van der Waals surface area contributed by atoms with E-state index in [4.69, 9.17) is 0 Å². The molecule has 0 atom stereocenters. The molecule has 0 saturated heterocycles. The van der Waals surface area contributed by atoms with Crippen LogP contribution in [0.3, 0.4) is 0 Å². The second kappa shape index (κ2) is 21.7. The Morgan fingerprint density at radius 1 is 0.512 bits per heavy atom. The van der Waals surface area contributed by atoms with Crippen LogP contribution in [0.1, 0.15) is 140 Å². The van der Waals surface area contributed by atoms with E-state index in [1.54, 1.807) is 4.70 Å². The first kappa shape index (κ1) is 39.0. The Morgan fingerprint density at radius 2 is 1.00 bits per heavy atom. The van der Waals surface area contributed by atoms with Crippen LogP contribution < -0.4 is 0 Å². The first-order chi connectivity index (χ1) is 18.6. The second-order valence-electron chi connectivity index (χ2n) is 11.2. The molecule has 0 aliphatic carbocycles. The van der Waals surface area contributed by atoms with Crippen LogP contribution in [0.4, 0.5) is 0 Å². The minimum atomic E-state index is 0. The predicted molar refractivity (Wildman–Crippen MR) is 178 cm³/mol. The van der Waals surface area contributed by atoms with Crippen molar-refractivity contribution in [1.82, 2.24) is 0 Å². The van der Waals surface area contributed by atoms with Gasteiger partial charge in [0.15, 0.2) is 0 Å². The number of benzene rings is 2. The van der Waals surface area contributed by atoms with E-state index in [-0.39, 0.29) is 31.3 Å². The van der Waals surface area contributed by atoms with Gasteiger partial charge in [0.2, 0.25) is 11.4 Å². The van der Waals surface area contributed by atoms with Crippen LogP contribution in [0, 0.1) is 14.9 Å². The topological polar surface area (TPSA) is 25.3 Å². The van der Waals surface area contributed by atoms with E-state index in [0.29, 0.717) is 0 Å². The van der Waals surface area contributed by atoms with Gasteiger partial charge in [-0.1, -0.05) is 103 Å². The zero-order valence-electron chi connectivity index (χ0n) is 27.1. The molecule has 230 valence electrons. The van der Waals surface area contributed by atoms with E-state index in [1.807, 2.05) is 0 Å². The molecule has 0 spiro atoms. The molecule has 0 radical (unpaired) electrons. The van der Waals surface area contributed by atoms with Crippen LogP contribution in [0.15, 0.2) is 59.7 Å². The van der Waals surface area contributed by atoms with Crippen molar-refractivity contribution in [3.63, 3.8) is 0 Å². The molecule has 3 heteroatoms. The van der Waals surface area contributed by atoms with Gasteiger partial charge < -0.3 is 20.4 Å². The van der Waals surface area contributed by atoms with E-state index in [1.165, 1.54) is 99.3 Å². The third kappa shape index (κ3) is 11.3. The molecule has 41 heavy (non-hydrogen) atoms. The van der Waals surface area contributed by atoms with Gasteiger partial charge in [0.1, 0.15) is 0 Å². The molecule has 2 aromatic carbocycles. The van der Waals surface area contributed by atoms with Crippen molar-refractivity contribution in [2.24, 2.45) is 0 Å². The summed E-state index contributed by atoms with van der Waals surface area (Å²) in [5.41, 5.74) is 21.7. The fourth-order valence-corrected chi connectivity index (χ4v) is 5.73. The van der Waals surface area contributed by atoms with E-state index < -0.39 is 0 Å². The molecule has 3 rings (SSSR count). The molecule has 0 bridgehead atoms. The van der Waals surface area contributed by atoms with E-state index in [2.05, 4.69) is 76.2 Å². The van der Waals surface area contributed by atoms with Crippen LogP contribution in [-0.2, 0) is 29.3 Å². The summed E-state index contributed by atoms with van der Waals surface area (Å²) in [6, 6.07) is 18.0. The van der Waals surface area contributed by atoms with Crippen LogP contribution >= 0.6 is 0 Å². The monoisotopic (exact) mass is 600 g/mol. The van der Waals surface area contributed by atoms with Gasteiger partial charge in [-0.15, -0.1) is 0 Å². The molecule has 2 nitrogen and oxygen atoms in total. The fraction of sp³-hybridized carbons (Fsp3) is 0.526. The summed E-state index contributed by atoms with van der Waals surface area (Å²) >= 11 is 0. The molecule has 1 heterocycles. The minimum Gasteiger partial charge on any atom is -0.493 e. The third-order valence-electron chi connectivity index (χ3n) is 7.99. The zero-order valence-corrected chi connectivity index (χ0v) is 28.1. The molecular formula is C38H58N2Ni. The summed E-state index contributed by atoms with van der Waals surface area (Å²) in [6.45, 7) is 9.06. The summed E-state index contributed by atoms with van der Waals surface area (Å²) in [5.74, 6) is 0. The van der Waals surface area contributed by atoms with Crippen molar-refractivity contribution < 1.29 is 21.2 Å². The van der Waals surface area contributed by atoms with Gasteiger partial charge in [-0.25, -0.2) is 4.70 Å². The maximum atomic E-state index is 11.9. The van der Waals surface area contributed by atoms with Crippen molar-refractivity contribution in [2.45, 2.75) is 130 Å². The first-order valence-electron chi connectivity index (χ1n) is 15.8. The van der Waals surface area contributed by atoms with Crippen LogP contribution in [0.2, 0.25) is 0 Å². The first-order valence-corrected chi connectivity index (χ1v) is 15.8. The average molecular weight is 602 g/mol. The molecule has 0 unspecified atom stereocenters. The standard InChI is InChI=1S/C36H52N2.2CH3.Ni/c1-5-9-13-16-23-33-34(22-15-11-7-3)36(32-21-17-20-30(28-32)18-12-8-4)38(37)35(33)31-26-24-29(25-27-31)19-14-10-6-2;;;/h17,20-21,24-28H,5-16,18-19,22-23H2,1-4H3;2*1H3;/q;2*-1;+2. The number of hydrogen-bond acceptors (Lipinski definition) is 0. The summed E-state index contributed by atoms with van der Waals surface area (Å²) in [6.07, 6.45) is 19.0. The molecule has 0 saturated carbocycles. The molecule has 1 aliphatic heterocycles. The maximum absolute atomic E-state index is 11.9. The minimum absolute atomic E-state index is 0. The number of unbranched alkanes of at least 4 members (excludes halogenated alkanes) is 8. The Hall–Kier alpha value is -1.99. The van der Waals surface area contributed by atoms with Crippen LogP contribution in [0.5, 0.6) is 0 Å². The summed E-state index contributed by atoms with van der Waals surface area (Å²) in [4.78, 5) is 0. The average Bonchev–Trinajstić information content (AvgIpc) is 3.21. The van der Waals surface area contributed by atoms with Gasteiger partial charge in [-0.05, 0) is 86.8 Å². The molecule has 1 aliphatic rings. The third-order valence-corrected chi connectivity index (χ3v) is 7.99. The van der Waals surface area contributed by atoms with Gasteiger partial charge in [-0.3, -0.25) is 0 Å². The van der Waals surface area contributed by atoms with Gasteiger partial charge >= 0.3 is 16.5 Å². The zero-order chi connectivity index (χ0) is 27.2. The number of rotatable bonds is 18. The van der Waals surface area contributed by atoms with Gasteiger partial charge in [0, 0.05) is 22.3 Å². The maximum Gasteiger partial charge on any atom is 2.00 e. The Bertz CT molecular complexity index is 1080. The number of nitrogens with zero attached hydrogens (tertiary/aromatic N) is 2. The smallest absolute Gasteiger partial charge is 0.493 e. The van der Waals surface area contributed by atoms with Crippen molar-refractivity contribution in [1.29, 1.82) is 0 Å². The fourth-order valence-electron chi connectivity index (χ4n) is 5.73.